The Bertz CT molecular complexity index is 565. The number of hydrogen-bond acceptors (Lipinski definition) is 3. The van der Waals surface area contributed by atoms with E-state index in [0.717, 1.165) is 23.4 Å². The van der Waals surface area contributed by atoms with Crippen molar-refractivity contribution in [2.24, 2.45) is 0 Å². The number of rotatable bonds is 1. The molecule has 2 N–H and O–H groups in total. The van der Waals surface area contributed by atoms with Crippen molar-refractivity contribution < 1.29 is 4.74 Å². The minimum absolute atomic E-state index is 0.543. The number of nitrogens with zero attached hydrogens (tertiary/aromatic N) is 2. The fourth-order valence-corrected chi connectivity index (χ4v) is 2.20. The first-order chi connectivity index (χ1) is 8.25. The maximum atomic E-state index is 6.08. The first-order valence-electron chi connectivity index (χ1n) is 5.45. The number of nitrogens with two attached hydrogens (primary N) is 1. The highest BCUT2D eigenvalue weighted by Crippen LogP contribution is 2.26. The molecule has 0 saturated carbocycles. The summed E-state index contributed by atoms with van der Waals surface area (Å²) in [6, 6.07) is 7.49. The number of aromatic nitrogens is 2. The van der Waals surface area contributed by atoms with Crippen molar-refractivity contribution in [1.82, 2.24) is 9.78 Å². The van der Waals surface area contributed by atoms with Crippen LogP contribution in [-0.2, 0) is 17.8 Å². The molecule has 0 fully saturated rings. The Hall–Kier alpha value is -1.52. The van der Waals surface area contributed by atoms with Gasteiger partial charge in [-0.15, -0.1) is 0 Å². The van der Waals surface area contributed by atoms with E-state index in [1.54, 1.807) is 4.68 Å². The van der Waals surface area contributed by atoms with E-state index >= 15 is 0 Å². The second-order valence-electron chi connectivity index (χ2n) is 4.00. The fraction of sp³-hybridized carbons (Fsp3) is 0.250. The van der Waals surface area contributed by atoms with Gasteiger partial charge in [0.1, 0.15) is 5.82 Å². The van der Waals surface area contributed by atoms with Crippen molar-refractivity contribution in [2.45, 2.75) is 13.0 Å². The van der Waals surface area contributed by atoms with E-state index in [4.69, 9.17) is 22.1 Å². The summed E-state index contributed by atoms with van der Waals surface area (Å²) in [5, 5.41) is 5.19. The van der Waals surface area contributed by atoms with Crippen LogP contribution in [0.3, 0.4) is 0 Å². The Kier molecular flexibility index (Phi) is 2.53. The molecule has 3 rings (SSSR count). The molecule has 1 aliphatic rings. The summed E-state index contributed by atoms with van der Waals surface area (Å²) in [6.45, 7) is 1.25. The summed E-state index contributed by atoms with van der Waals surface area (Å²) < 4.78 is 7.12. The van der Waals surface area contributed by atoms with E-state index < -0.39 is 0 Å². The average molecular weight is 250 g/mol. The molecule has 2 aromatic rings. The lowest BCUT2D eigenvalue weighted by Gasteiger charge is -2.10. The third-order valence-corrected chi connectivity index (χ3v) is 3.12. The first kappa shape index (κ1) is 10.6. The molecule has 88 valence electrons. The lowest BCUT2D eigenvalue weighted by molar-refractivity contribution is 0.110. The molecular weight excluding hydrogens is 238 g/mol. The summed E-state index contributed by atoms with van der Waals surface area (Å²) in [5.41, 5.74) is 8.98. The number of nitrogen functional groups attached to an aromatic ring is 1. The Morgan fingerprint density at radius 2 is 2.29 bits per heavy atom. The molecule has 0 amide bonds. The summed E-state index contributed by atoms with van der Waals surface area (Å²) in [5.74, 6) is 0.641. The van der Waals surface area contributed by atoms with E-state index in [0.29, 0.717) is 24.1 Å². The molecule has 0 radical (unpaired) electrons. The lowest BCUT2D eigenvalue weighted by atomic mass is 10.1. The van der Waals surface area contributed by atoms with Gasteiger partial charge in [-0.05, 0) is 18.2 Å². The number of halogens is 1. The number of anilines is 1. The van der Waals surface area contributed by atoms with Gasteiger partial charge >= 0.3 is 0 Å². The van der Waals surface area contributed by atoms with Crippen LogP contribution in [0, 0.1) is 0 Å². The van der Waals surface area contributed by atoms with Crippen LogP contribution in [0.2, 0.25) is 5.02 Å². The maximum absolute atomic E-state index is 6.08. The van der Waals surface area contributed by atoms with E-state index in [2.05, 4.69) is 5.10 Å². The monoisotopic (exact) mass is 249 g/mol. The normalized spacial score (nSPS) is 14.6. The van der Waals surface area contributed by atoms with Crippen molar-refractivity contribution in [3.63, 3.8) is 0 Å². The molecule has 0 atom stereocenters. The highest BCUT2D eigenvalue weighted by atomic mass is 35.5. The van der Waals surface area contributed by atoms with Crippen LogP contribution in [-0.4, -0.2) is 16.4 Å². The molecule has 1 aromatic carbocycles. The highest BCUT2D eigenvalue weighted by Gasteiger charge is 2.19. The Morgan fingerprint density at radius 1 is 1.41 bits per heavy atom. The zero-order valence-electron chi connectivity index (χ0n) is 9.19. The zero-order valence-corrected chi connectivity index (χ0v) is 9.94. The Morgan fingerprint density at radius 3 is 3.06 bits per heavy atom. The predicted octanol–water partition coefficient (Wildman–Crippen LogP) is 2.18. The van der Waals surface area contributed by atoms with Gasteiger partial charge in [-0.3, -0.25) is 0 Å². The standard InChI is InChI=1S/C12H12ClN3O/c13-8-2-1-3-9(6-8)16-12(14)10-7-17-5-4-11(10)15-16/h1-3,6H,4-5,7,14H2. The van der Waals surface area contributed by atoms with E-state index in [9.17, 15) is 0 Å². The molecule has 2 heterocycles. The van der Waals surface area contributed by atoms with Gasteiger partial charge in [0.15, 0.2) is 0 Å². The first-order valence-corrected chi connectivity index (χ1v) is 5.83. The summed E-state index contributed by atoms with van der Waals surface area (Å²) in [4.78, 5) is 0. The van der Waals surface area contributed by atoms with Gasteiger partial charge in [0, 0.05) is 17.0 Å². The smallest absolute Gasteiger partial charge is 0.133 e. The maximum Gasteiger partial charge on any atom is 0.133 e. The van der Waals surface area contributed by atoms with Crippen molar-refractivity contribution in [1.29, 1.82) is 0 Å². The molecule has 0 bridgehead atoms. The predicted molar refractivity (Wildman–Crippen MR) is 66.3 cm³/mol. The highest BCUT2D eigenvalue weighted by molar-refractivity contribution is 6.30. The topological polar surface area (TPSA) is 53.1 Å². The zero-order chi connectivity index (χ0) is 11.8. The molecule has 17 heavy (non-hydrogen) atoms. The average Bonchev–Trinajstić information content (AvgIpc) is 2.68. The number of fused-ring (bicyclic) bond motifs is 1. The molecule has 1 aromatic heterocycles. The molecule has 5 heteroatoms. The van der Waals surface area contributed by atoms with E-state index in [1.807, 2.05) is 24.3 Å². The Labute approximate surface area is 104 Å². The van der Waals surface area contributed by atoms with Crippen LogP contribution in [0.25, 0.3) is 5.69 Å². The second kappa shape index (κ2) is 4.05. The molecule has 4 nitrogen and oxygen atoms in total. The summed E-state index contributed by atoms with van der Waals surface area (Å²) in [7, 11) is 0. The largest absolute Gasteiger partial charge is 0.383 e. The fourth-order valence-electron chi connectivity index (χ4n) is 2.02. The van der Waals surface area contributed by atoms with Gasteiger partial charge in [0.2, 0.25) is 0 Å². The van der Waals surface area contributed by atoms with Crippen molar-refractivity contribution in [2.75, 3.05) is 12.3 Å². The van der Waals surface area contributed by atoms with Gasteiger partial charge in [0.25, 0.3) is 0 Å². The van der Waals surface area contributed by atoms with Crippen LogP contribution in [0.1, 0.15) is 11.3 Å². The SMILES string of the molecule is Nc1c2c(nn1-c1cccc(Cl)c1)CCOC2. The van der Waals surface area contributed by atoms with Crippen molar-refractivity contribution >= 4 is 17.4 Å². The van der Waals surface area contributed by atoms with Crippen molar-refractivity contribution in [3.8, 4) is 5.69 Å². The van der Waals surface area contributed by atoms with Crippen molar-refractivity contribution in [3.05, 3.63) is 40.5 Å². The third-order valence-electron chi connectivity index (χ3n) is 2.89. The molecule has 0 saturated heterocycles. The molecule has 0 unspecified atom stereocenters. The van der Waals surface area contributed by atoms with Crippen LogP contribution in [0.4, 0.5) is 5.82 Å². The minimum atomic E-state index is 0.543. The minimum Gasteiger partial charge on any atom is -0.383 e. The van der Waals surface area contributed by atoms with Crippen LogP contribution in [0.15, 0.2) is 24.3 Å². The van der Waals surface area contributed by atoms with Gasteiger partial charge in [-0.1, -0.05) is 17.7 Å². The van der Waals surface area contributed by atoms with E-state index in [1.165, 1.54) is 0 Å². The third kappa shape index (κ3) is 1.79. The summed E-state index contributed by atoms with van der Waals surface area (Å²) in [6.07, 6.45) is 0.813. The van der Waals surface area contributed by atoms with Gasteiger partial charge in [0.05, 0.1) is 24.6 Å². The van der Waals surface area contributed by atoms with Gasteiger partial charge in [-0.2, -0.15) is 5.10 Å². The second-order valence-corrected chi connectivity index (χ2v) is 4.44. The quantitative estimate of drug-likeness (QED) is 0.843. The van der Waals surface area contributed by atoms with Gasteiger partial charge < -0.3 is 10.5 Å². The molecule has 0 spiro atoms. The lowest BCUT2D eigenvalue weighted by Crippen LogP contribution is -2.09. The number of hydrogen-bond donors (Lipinski definition) is 1. The van der Waals surface area contributed by atoms with Crippen LogP contribution in [0.5, 0.6) is 0 Å². The molecular formula is C12H12ClN3O. The van der Waals surface area contributed by atoms with E-state index in [-0.39, 0.29) is 0 Å². The summed E-state index contributed by atoms with van der Waals surface area (Å²) >= 11 is 5.97. The number of benzene rings is 1. The molecule has 1 aliphatic heterocycles. The Balaban J connectivity index is 2.12. The van der Waals surface area contributed by atoms with Crippen LogP contribution < -0.4 is 5.73 Å². The van der Waals surface area contributed by atoms with Gasteiger partial charge in [-0.25, -0.2) is 4.68 Å². The number of ether oxygens (including phenoxy) is 1. The van der Waals surface area contributed by atoms with Crippen LogP contribution >= 0.6 is 11.6 Å². The molecule has 0 aliphatic carbocycles.